The van der Waals surface area contributed by atoms with Crippen LogP contribution in [0.4, 0.5) is 5.69 Å². The minimum atomic E-state index is -0.273. The van der Waals surface area contributed by atoms with Gasteiger partial charge in [0.2, 0.25) is 5.91 Å². The Labute approximate surface area is 186 Å². The fourth-order valence-corrected chi connectivity index (χ4v) is 3.50. The molecule has 0 aliphatic carbocycles. The Morgan fingerprint density at radius 3 is 2.34 bits per heavy atom. The second kappa shape index (κ2) is 9.30. The highest BCUT2D eigenvalue weighted by atomic mass is 16.2. The van der Waals surface area contributed by atoms with Crippen molar-refractivity contribution in [3.8, 4) is 5.82 Å². The van der Waals surface area contributed by atoms with Gasteiger partial charge in [0.05, 0.1) is 12.7 Å². The summed E-state index contributed by atoms with van der Waals surface area (Å²) in [6.07, 6.45) is 9.55. The van der Waals surface area contributed by atoms with E-state index in [0.717, 1.165) is 12.0 Å². The fourth-order valence-electron chi connectivity index (χ4n) is 3.50. The van der Waals surface area contributed by atoms with Gasteiger partial charge in [0, 0.05) is 44.6 Å². The summed E-state index contributed by atoms with van der Waals surface area (Å²) < 4.78 is 3.45. The number of likely N-dealkylation sites (N-methyl/N-ethyl adjacent to an activating group) is 1. The molecule has 8 nitrogen and oxygen atoms in total. The van der Waals surface area contributed by atoms with E-state index >= 15 is 0 Å². The zero-order chi connectivity index (χ0) is 22.5. The maximum atomic E-state index is 13.0. The van der Waals surface area contributed by atoms with Crippen molar-refractivity contribution in [3.63, 3.8) is 0 Å². The molecule has 0 aliphatic rings. The van der Waals surface area contributed by atoms with Gasteiger partial charge in [-0.3, -0.25) is 19.3 Å². The van der Waals surface area contributed by atoms with E-state index in [1.165, 1.54) is 16.7 Å². The minimum Gasteiger partial charge on any atom is -0.332 e. The molecule has 162 valence electrons. The van der Waals surface area contributed by atoms with Crippen LogP contribution in [0.25, 0.3) is 5.82 Å². The summed E-state index contributed by atoms with van der Waals surface area (Å²) in [4.78, 5) is 30.9. The van der Waals surface area contributed by atoms with Gasteiger partial charge in [-0.15, -0.1) is 0 Å². The van der Waals surface area contributed by atoms with Gasteiger partial charge >= 0.3 is 0 Å². The number of rotatable bonds is 7. The number of nitrogens with zero attached hydrogens (tertiary/aromatic N) is 5. The van der Waals surface area contributed by atoms with Crippen molar-refractivity contribution in [2.45, 2.75) is 6.42 Å². The number of aromatic nitrogens is 4. The molecule has 1 N–H and O–H groups in total. The lowest BCUT2D eigenvalue weighted by Crippen LogP contribution is -2.35. The number of amides is 2. The Bertz CT molecular complexity index is 1200. The summed E-state index contributed by atoms with van der Waals surface area (Å²) in [5.41, 5.74) is 3.42. The molecule has 0 aliphatic heterocycles. The summed E-state index contributed by atoms with van der Waals surface area (Å²) >= 11 is 0. The molecule has 0 radical (unpaired) electrons. The lowest BCUT2D eigenvalue weighted by atomic mass is 10.1. The average molecular weight is 428 g/mol. The molecule has 3 heterocycles. The van der Waals surface area contributed by atoms with Crippen LogP contribution in [0.3, 0.4) is 0 Å². The van der Waals surface area contributed by atoms with Gasteiger partial charge in [0.15, 0.2) is 0 Å². The molecule has 0 spiro atoms. The molecule has 0 unspecified atom stereocenters. The van der Waals surface area contributed by atoms with Crippen LogP contribution in [0.2, 0.25) is 0 Å². The number of hydrogen-bond acceptors (Lipinski definition) is 4. The number of pyridine rings is 1. The Morgan fingerprint density at radius 1 is 1.00 bits per heavy atom. The molecule has 32 heavy (non-hydrogen) atoms. The van der Waals surface area contributed by atoms with E-state index in [-0.39, 0.29) is 18.4 Å². The molecule has 0 saturated heterocycles. The van der Waals surface area contributed by atoms with Crippen LogP contribution < -0.4 is 5.32 Å². The Balaban J connectivity index is 1.37. The van der Waals surface area contributed by atoms with E-state index < -0.39 is 0 Å². The van der Waals surface area contributed by atoms with Gasteiger partial charge in [0.1, 0.15) is 11.4 Å². The van der Waals surface area contributed by atoms with Gasteiger partial charge < -0.3 is 14.8 Å². The lowest BCUT2D eigenvalue weighted by molar-refractivity contribution is -0.116. The van der Waals surface area contributed by atoms with Gasteiger partial charge in [-0.1, -0.05) is 12.1 Å². The number of anilines is 1. The predicted molar refractivity (Wildman–Crippen MR) is 122 cm³/mol. The number of aryl methyl sites for hydroxylation is 1. The first kappa shape index (κ1) is 21.0. The Morgan fingerprint density at radius 2 is 1.66 bits per heavy atom. The summed E-state index contributed by atoms with van der Waals surface area (Å²) in [5, 5.41) is 7.05. The molecule has 8 heteroatoms. The summed E-state index contributed by atoms with van der Waals surface area (Å²) in [6, 6.07) is 15.4. The van der Waals surface area contributed by atoms with E-state index in [1.807, 2.05) is 65.5 Å². The van der Waals surface area contributed by atoms with Crippen LogP contribution in [0, 0.1) is 0 Å². The molecule has 4 rings (SSSR count). The lowest BCUT2D eigenvalue weighted by Gasteiger charge is -2.17. The van der Waals surface area contributed by atoms with Crippen LogP contribution in [-0.2, 0) is 18.3 Å². The fraction of sp³-hybridized carbons (Fsp3) is 0.167. The van der Waals surface area contributed by atoms with Crippen molar-refractivity contribution >= 4 is 17.5 Å². The van der Waals surface area contributed by atoms with Crippen molar-refractivity contribution in [1.29, 1.82) is 0 Å². The predicted octanol–water partition coefficient (Wildman–Crippen LogP) is 2.91. The first-order valence-electron chi connectivity index (χ1n) is 10.2. The normalized spacial score (nSPS) is 10.7. The number of carbonyl (C=O) groups is 2. The van der Waals surface area contributed by atoms with Crippen LogP contribution >= 0.6 is 0 Å². The monoisotopic (exact) mass is 428 g/mol. The van der Waals surface area contributed by atoms with E-state index in [2.05, 4.69) is 15.4 Å². The molecular formula is C24H24N6O2. The maximum Gasteiger partial charge on any atom is 0.259 e. The first-order valence-corrected chi connectivity index (χ1v) is 10.2. The number of carbonyl (C=O) groups excluding carboxylic acids is 2. The Hall–Kier alpha value is -4.20. The second-order valence-electron chi connectivity index (χ2n) is 7.53. The zero-order valence-corrected chi connectivity index (χ0v) is 18.0. The topological polar surface area (TPSA) is 85.1 Å². The van der Waals surface area contributed by atoms with Crippen molar-refractivity contribution in [2.75, 3.05) is 18.9 Å². The first-order chi connectivity index (χ1) is 15.5. The minimum absolute atomic E-state index is 0.0718. The van der Waals surface area contributed by atoms with E-state index in [1.54, 1.807) is 31.2 Å². The van der Waals surface area contributed by atoms with Gasteiger partial charge in [-0.25, -0.2) is 0 Å². The van der Waals surface area contributed by atoms with Crippen molar-refractivity contribution in [2.24, 2.45) is 7.05 Å². The molecule has 0 atom stereocenters. The summed E-state index contributed by atoms with van der Waals surface area (Å²) in [7, 11) is 3.38. The van der Waals surface area contributed by atoms with Crippen LogP contribution in [0.1, 0.15) is 21.5 Å². The van der Waals surface area contributed by atoms with Crippen LogP contribution in [0.5, 0.6) is 0 Å². The average Bonchev–Trinajstić information content (AvgIpc) is 3.44. The second-order valence-corrected chi connectivity index (χ2v) is 7.53. The highest BCUT2D eigenvalue weighted by molar-refractivity contribution is 6.00. The van der Waals surface area contributed by atoms with E-state index in [0.29, 0.717) is 17.1 Å². The van der Waals surface area contributed by atoms with Gasteiger partial charge in [0.25, 0.3) is 5.91 Å². The standard InChI is InChI=1S/C24H24N6O2/c1-28(24(32)21-16-26-29(2)23(21)30-13-3-4-14-30)17-22(31)27-20-7-5-18(6-8-20)15-19-9-11-25-12-10-19/h3-14,16H,15,17H2,1-2H3,(H,27,31). The third-order valence-corrected chi connectivity index (χ3v) is 5.11. The summed E-state index contributed by atoms with van der Waals surface area (Å²) in [6.45, 7) is -0.0718. The third-order valence-electron chi connectivity index (χ3n) is 5.11. The highest BCUT2D eigenvalue weighted by Crippen LogP contribution is 2.16. The van der Waals surface area contributed by atoms with Crippen molar-refractivity contribution < 1.29 is 9.59 Å². The largest absolute Gasteiger partial charge is 0.332 e. The molecule has 3 aromatic heterocycles. The molecular weight excluding hydrogens is 404 g/mol. The van der Waals surface area contributed by atoms with Crippen LogP contribution in [0.15, 0.2) is 79.5 Å². The molecule has 0 saturated carbocycles. The van der Waals surface area contributed by atoms with Crippen molar-refractivity contribution in [1.82, 2.24) is 24.2 Å². The summed E-state index contributed by atoms with van der Waals surface area (Å²) in [5.74, 6) is 0.107. The smallest absolute Gasteiger partial charge is 0.259 e. The van der Waals surface area contributed by atoms with Crippen LogP contribution in [-0.4, -0.2) is 49.6 Å². The SMILES string of the molecule is CN(CC(=O)Nc1ccc(Cc2ccncc2)cc1)C(=O)c1cnn(C)c1-n1cccc1. The molecule has 2 amide bonds. The molecule has 0 fully saturated rings. The van der Waals surface area contributed by atoms with E-state index in [4.69, 9.17) is 0 Å². The molecule has 0 bridgehead atoms. The number of benzene rings is 1. The maximum absolute atomic E-state index is 13.0. The van der Waals surface area contributed by atoms with Gasteiger partial charge in [-0.2, -0.15) is 5.10 Å². The highest BCUT2D eigenvalue weighted by Gasteiger charge is 2.22. The number of nitrogens with one attached hydrogen (secondary N) is 1. The number of hydrogen-bond donors (Lipinski definition) is 1. The van der Waals surface area contributed by atoms with E-state index in [9.17, 15) is 9.59 Å². The quantitative estimate of drug-likeness (QED) is 0.491. The van der Waals surface area contributed by atoms with Gasteiger partial charge in [-0.05, 0) is 53.9 Å². The molecule has 4 aromatic rings. The third kappa shape index (κ3) is 4.75. The Kier molecular flexibility index (Phi) is 6.12. The molecule has 1 aromatic carbocycles. The van der Waals surface area contributed by atoms with Crippen molar-refractivity contribution in [3.05, 3.63) is 96.2 Å². The zero-order valence-electron chi connectivity index (χ0n) is 18.0.